The van der Waals surface area contributed by atoms with E-state index in [0.29, 0.717) is 12.0 Å². The minimum absolute atomic E-state index is 0.0527. The lowest BCUT2D eigenvalue weighted by atomic mass is 10.0. The van der Waals surface area contributed by atoms with Crippen molar-refractivity contribution in [3.8, 4) is 0 Å². The molecule has 17 heavy (non-hydrogen) atoms. The average molecular weight is 235 g/mol. The molecule has 3 nitrogen and oxygen atoms in total. The van der Waals surface area contributed by atoms with Crippen LogP contribution in [0.15, 0.2) is 18.3 Å². The van der Waals surface area contributed by atoms with E-state index in [2.05, 4.69) is 50.7 Å². The number of anilines is 1. The topological polar surface area (TPSA) is 42.1 Å². The third kappa shape index (κ3) is 3.43. The number of rotatable bonds is 5. The van der Waals surface area contributed by atoms with Gasteiger partial charge in [0.05, 0.1) is 17.6 Å². The predicted octanol–water partition coefficient (Wildman–Crippen LogP) is 2.97. The highest BCUT2D eigenvalue weighted by atomic mass is 15.1. The largest absolute Gasteiger partial charge is 0.370 e. The van der Waals surface area contributed by atoms with Crippen LogP contribution in [0.4, 0.5) is 5.69 Å². The number of nitrogens with zero attached hydrogens (tertiary/aromatic N) is 2. The SMILES string of the molecule is CCC(N)c1ccc(N(C)C(C)C(C)C)cn1. The number of nitrogens with two attached hydrogens (primary N) is 1. The third-order valence-corrected chi connectivity index (χ3v) is 3.57. The molecule has 2 unspecified atom stereocenters. The highest BCUT2D eigenvalue weighted by molar-refractivity contribution is 5.45. The van der Waals surface area contributed by atoms with Crippen LogP contribution in [0.2, 0.25) is 0 Å². The van der Waals surface area contributed by atoms with Gasteiger partial charge in [0.1, 0.15) is 0 Å². The molecule has 1 heterocycles. The Kier molecular flexibility index (Phi) is 4.94. The average Bonchev–Trinajstić information content (AvgIpc) is 2.36. The summed E-state index contributed by atoms with van der Waals surface area (Å²) in [6.45, 7) is 8.77. The molecule has 0 saturated carbocycles. The molecule has 0 aromatic carbocycles. The van der Waals surface area contributed by atoms with Gasteiger partial charge in [-0.2, -0.15) is 0 Å². The van der Waals surface area contributed by atoms with Gasteiger partial charge in [0.25, 0.3) is 0 Å². The first kappa shape index (κ1) is 14.0. The molecule has 0 fully saturated rings. The summed E-state index contributed by atoms with van der Waals surface area (Å²) in [5, 5.41) is 0. The van der Waals surface area contributed by atoms with E-state index in [9.17, 15) is 0 Å². The first-order valence-electron chi connectivity index (χ1n) is 6.41. The molecule has 1 aromatic heterocycles. The fourth-order valence-electron chi connectivity index (χ4n) is 1.72. The van der Waals surface area contributed by atoms with Crippen molar-refractivity contribution in [2.24, 2.45) is 11.7 Å². The second kappa shape index (κ2) is 6.01. The van der Waals surface area contributed by atoms with E-state index in [1.54, 1.807) is 0 Å². The zero-order chi connectivity index (χ0) is 13.0. The molecule has 3 heteroatoms. The smallest absolute Gasteiger partial charge is 0.0572 e. The van der Waals surface area contributed by atoms with Crippen LogP contribution in [-0.4, -0.2) is 18.1 Å². The van der Waals surface area contributed by atoms with Crippen molar-refractivity contribution in [1.29, 1.82) is 0 Å². The molecule has 2 atom stereocenters. The van der Waals surface area contributed by atoms with Crippen molar-refractivity contribution < 1.29 is 0 Å². The molecule has 0 aliphatic rings. The van der Waals surface area contributed by atoms with Gasteiger partial charge in [0, 0.05) is 19.1 Å². The zero-order valence-electron chi connectivity index (χ0n) is 11.6. The van der Waals surface area contributed by atoms with Gasteiger partial charge in [-0.05, 0) is 31.4 Å². The molecule has 0 bridgehead atoms. The molecule has 0 saturated heterocycles. The van der Waals surface area contributed by atoms with Gasteiger partial charge in [-0.1, -0.05) is 20.8 Å². The summed E-state index contributed by atoms with van der Waals surface area (Å²) in [6.07, 6.45) is 2.84. The number of hydrogen-bond donors (Lipinski definition) is 1. The minimum atomic E-state index is 0.0527. The summed E-state index contributed by atoms with van der Waals surface area (Å²) in [5.41, 5.74) is 8.08. The Bertz CT molecular complexity index is 332. The van der Waals surface area contributed by atoms with E-state index < -0.39 is 0 Å². The zero-order valence-corrected chi connectivity index (χ0v) is 11.6. The highest BCUT2D eigenvalue weighted by Crippen LogP contribution is 2.20. The molecule has 0 aliphatic heterocycles. The summed E-state index contributed by atoms with van der Waals surface area (Å²) in [7, 11) is 2.11. The molecule has 0 spiro atoms. The molecule has 0 aliphatic carbocycles. The van der Waals surface area contributed by atoms with Gasteiger partial charge >= 0.3 is 0 Å². The van der Waals surface area contributed by atoms with E-state index in [4.69, 9.17) is 5.73 Å². The molecular weight excluding hydrogens is 210 g/mol. The third-order valence-electron chi connectivity index (χ3n) is 3.57. The van der Waals surface area contributed by atoms with Crippen LogP contribution in [0.1, 0.15) is 45.9 Å². The Labute approximate surface area is 105 Å². The van der Waals surface area contributed by atoms with Crippen molar-refractivity contribution in [2.75, 3.05) is 11.9 Å². The lowest BCUT2D eigenvalue weighted by molar-refractivity contribution is 0.505. The Morgan fingerprint density at radius 2 is 1.94 bits per heavy atom. The maximum absolute atomic E-state index is 5.95. The molecule has 96 valence electrons. The Balaban J connectivity index is 2.80. The van der Waals surface area contributed by atoms with Crippen molar-refractivity contribution in [3.63, 3.8) is 0 Å². The fraction of sp³-hybridized carbons (Fsp3) is 0.643. The number of pyridine rings is 1. The van der Waals surface area contributed by atoms with E-state index in [0.717, 1.165) is 17.8 Å². The van der Waals surface area contributed by atoms with Crippen LogP contribution in [0.5, 0.6) is 0 Å². The van der Waals surface area contributed by atoms with Crippen molar-refractivity contribution in [1.82, 2.24) is 4.98 Å². The molecule has 1 rings (SSSR count). The maximum Gasteiger partial charge on any atom is 0.0572 e. The normalized spacial score (nSPS) is 14.8. The molecule has 1 aromatic rings. The Hall–Kier alpha value is -1.09. The second-order valence-electron chi connectivity index (χ2n) is 5.05. The molecule has 2 N–H and O–H groups in total. The van der Waals surface area contributed by atoms with Gasteiger partial charge in [-0.15, -0.1) is 0 Å². The maximum atomic E-state index is 5.95. The molecule has 0 amide bonds. The van der Waals surface area contributed by atoms with Crippen LogP contribution >= 0.6 is 0 Å². The molecule has 0 radical (unpaired) electrons. The van der Waals surface area contributed by atoms with Gasteiger partial charge in [0.15, 0.2) is 0 Å². The quantitative estimate of drug-likeness (QED) is 0.853. The lowest BCUT2D eigenvalue weighted by Crippen LogP contribution is -2.33. The summed E-state index contributed by atoms with van der Waals surface area (Å²) in [4.78, 5) is 6.71. The van der Waals surface area contributed by atoms with E-state index in [1.165, 1.54) is 0 Å². The highest BCUT2D eigenvalue weighted by Gasteiger charge is 2.14. The lowest BCUT2D eigenvalue weighted by Gasteiger charge is -2.29. The Morgan fingerprint density at radius 1 is 1.29 bits per heavy atom. The summed E-state index contributed by atoms with van der Waals surface area (Å²) < 4.78 is 0. The van der Waals surface area contributed by atoms with Gasteiger partial charge < -0.3 is 10.6 Å². The standard InChI is InChI=1S/C14H25N3/c1-6-13(15)14-8-7-12(9-16-14)17(5)11(4)10(2)3/h7-11,13H,6,15H2,1-5H3. The van der Waals surface area contributed by atoms with E-state index in [1.807, 2.05) is 12.3 Å². The van der Waals surface area contributed by atoms with Gasteiger partial charge in [-0.3, -0.25) is 4.98 Å². The monoisotopic (exact) mass is 235 g/mol. The summed E-state index contributed by atoms with van der Waals surface area (Å²) >= 11 is 0. The van der Waals surface area contributed by atoms with Gasteiger partial charge in [-0.25, -0.2) is 0 Å². The Morgan fingerprint density at radius 3 is 2.35 bits per heavy atom. The summed E-state index contributed by atoms with van der Waals surface area (Å²) in [5.74, 6) is 0.623. The van der Waals surface area contributed by atoms with E-state index in [-0.39, 0.29) is 6.04 Å². The van der Waals surface area contributed by atoms with Gasteiger partial charge in [0.2, 0.25) is 0 Å². The first-order chi connectivity index (χ1) is 7.97. The number of hydrogen-bond acceptors (Lipinski definition) is 3. The van der Waals surface area contributed by atoms with Crippen LogP contribution in [0, 0.1) is 5.92 Å². The minimum Gasteiger partial charge on any atom is -0.370 e. The van der Waals surface area contributed by atoms with Crippen molar-refractivity contribution in [2.45, 2.75) is 46.2 Å². The number of aromatic nitrogens is 1. The van der Waals surface area contributed by atoms with Crippen LogP contribution in [-0.2, 0) is 0 Å². The van der Waals surface area contributed by atoms with E-state index >= 15 is 0 Å². The van der Waals surface area contributed by atoms with Crippen molar-refractivity contribution in [3.05, 3.63) is 24.0 Å². The first-order valence-corrected chi connectivity index (χ1v) is 6.41. The van der Waals surface area contributed by atoms with Crippen LogP contribution in [0.25, 0.3) is 0 Å². The second-order valence-corrected chi connectivity index (χ2v) is 5.05. The predicted molar refractivity (Wildman–Crippen MR) is 74.2 cm³/mol. The van der Waals surface area contributed by atoms with Crippen LogP contribution < -0.4 is 10.6 Å². The summed E-state index contributed by atoms with van der Waals surface area (Å²) in [6, 6.07) is 4.70. The fourth-order valence-corrected chi connectivity index (χ4v) is 1.72. The molecular formula is C14H25N3. The van der Waals surface area contributed by atoms with Crippen LogP contribution in [0.3, 0.4) is 0 Å². The van der Waals surface area contributed by atoms with Crippen molar-refractivity contribution >= 4 is 5.69 Å².